The van der Waals surface area contributed by atoms with Gasteiger partial charge in [0, 0.05) is 39.4 Å². The molecule has 2 aliphatic heterocycles. The minimum atomic E-state index is -0.535. The zero-order valence-corrected chi connectivity index (χ0v) is 21.3. The van der Waals surface area contributed by atoms with E-state index in [2.05, 4.69) is 42.8 Å². The Bertz CT molecular complexity index is 684. The Hall–Kier alpha value is -0.0500. The summed E-state index contributed by atoms with van der Waals surface area (Å²) < 4.78 is 24.4. The summed E-state index contributed by atoms with van der Waals surface area (Å²) in [6, 6.07) is 6.79. The van der Waals surface area contributed by atoms with Crippen molar-refractivity contribution in [2.75, 3.05) is 57.5 Å². The van der Waals surface area contributed by atoms with Crippen LogP contribution >= 0.6 is 68.4 Å². The van der Waals surface area contributed by atoms with Crippen LogP contribution in [0.3, 0.4) is 0 Å². The fraction of sp³-hybridized carbons (Fsp3) is 0.444. The second-order valence-electron chi connectivity index (χ2n) is 5.86. The van der Waals surface area contributed by atoms with Crippen molar-refractivity contribution in [2.24, 2.45) is 0 Å². The van der Waals surface area contributed by atoms with Crippen LogP contribution in [0.25, 0.3) is 0 Å². The van der Waals surface area contributed by atoms with Crippen molar-refractivity contribution >= 4 is 74.2 Å². The zero-order valence-electron chi connectivity index (χ0n) is 15.5. The number of hydrogen-bond acceptors (Lipinski definition) is 6. The zero-order chi connectivity index (χ0) is 21.1. The first-order valence-corrected chi connectivity index (χ1v) is 11.8. The normalized spacial score (nSPS) is 16.2. The standard InChI is InChI=1S/C9H10ClIN2O.C5H2ClFIN.C4H9NO/c10-8-5-7(11)6-9(12-8)13-1-3-14-4-2-13;6-4-1-3(8)2-5(7)9-4;1-3-6-4-2-5-1/h5-6H,1-4H2;1-2H;5H,1-4H2. The monoisotopic (exact) mass is 668 g/mol. The molecule has 0 unspecified atom stereocenters. The number of rotatable bonds is 1. The summed E-state index contributed by atoms with van der Waals surface area (Å²) in [4.78, 5) is 9.81. The summed E-state index contributed by atoms with van der Waals surface area (Å²) in [6.07, 6.45) is 0. The van der Waals surface area contributed by atoms with Gasteiger partial charge < -0.3 is 19.7 Å². The van der Waals surface area contributed by atoms with Gasteiger partial charge in [-0.05, 0) is 63.4 Å². The molecule has 0 amide bonds. The Balaban J connectivity index is 0.000000171. The van der Waals surface area contributed by atoms with Crippen molar-refractivity contribution in [1.82, 2.24) is 15.3 Å². The van der Waals surface area contributed by atoms with Crippen LogP contribution in [0.2, 0.25) is 10.3 Å². The number of pyridine rings is 2. The first kappa shape index (κ1) is 25.2. The molecular formula is C18H21Cl2FI2N4O2. The smallest absolute Gasteiger partial charge is 0.215 e. The van der Waals surface area contributed by atoms with E-state index in [-0.39, 0.29) is 5.15 Å². The Kier molecular flexibility index (Phi) is 12.3. The number of morpholine rings is 2. The van der Waals surface area contributed by atoms with Gasteiger partial charge in [-0.25, -0.2) is 9.97 Å². The molecule has 0 spiro atoms. The predicted molar refractivity (Wildman–Crippen MR) is 131 cm³/mol. The van der Waals surface area contributed by atoms with Crippen LogP contribution < -0.4 is 10.2 Å². The SMILES string of the molecule is C1COCCN1.Clc1cc(I)cc(N2CCOCC2)n1.Fc1cc(I)cc(Cl)n1. The molecule has 2 aromatic heterocycles. The number of ether oxygens (including phenoxy) is 2. The van der Waals surface area contributed by atoms with Gasteiger partial charge in [0.2, 0.25) is 5.95 Å². The minimum Gasteiger partial charge on any atom is -0.379 e. The molecule has 4 heterocycles. The first-order valence-electron chi connectivity index (χ1n) is 8.87. The van der Waals surface area contributed by atoms with E-state index in [0.717, 1.165) is 65.6 Å². The average Bonchev–Trinajstić information content (AvgIpc) is 2.69. The van der Waals surface area contributed by atoms with Gasteiger partial charge in [0.1, 0.15) is 16.1 Å². The fourth-order valence-corrected chi connectivity index (χ4v) is 4.25. The Morgan fingerprint density at radius 3 is 1.86 bits per heavy atom. The van der Waals surface area contributed by atoms with E-state index < -0.39 is 5.95 Å². The highest BCUT2D eigenvalue weighted by Crippen LogP contribution is 2.20. The van der Waals surface area contributed by atoms with Gasteiger partial charge >= 0.3 is 0 Å². The molecule has 29 heavy (non-hydrogen) atoms. The number of hydrogen-bond donors (Lipinski definition) is 1. The third-order valence-corrected chi connectivity index (χ3v) is 5.29. The van der Waals surface area contributed by atoms with Gasteiger partial charge in [0.15, 0.2) is 0 Å². The number of aromatic nitrogens is 2. The third-order valence-electron chi connectivity index (χ3n) is 3.65. The summed E-state index contributed by atoms with van der Waals surface area (Å²) in [5, 5.41) is 3.91. The quantitative estimate of drug-likeness (QED) is 0.362. The van der Waals surface area contributed by atoms with E-state index >= 15 is 0 Å². The topological polar surface area (TPSA) is 59.5 Å². The van der Waals surface area contributed by atoms with Crippen molar-refractivity contribution in [3.8, 4) is 0 Å². The molecule has 0 saturated carbocycles. The molecule has 0 radical (unpaired) electrons. The van der Waals surface area contributed by atoms with E-state index in [1.54, 1.807) is 6.07 Å². The lowest BCUT2D eigenvalue weighted by molar-refractivity contribution is 0.109. The molecule has 11 heteroatoms. The van der Waals surface area contributed by atoms with Crippen molar-refractivity contribution < 1.29 is 13.9 Å². The van der Waals surface area contributed by atoms with Crippen LogP contribution in [-0.4, -0.2) is 62.6 Å². The first-order chi connectivity index (χ1) is 13.9. The minimum absolute atomic E-state index is 0.194. The maximum Gasteiger partial charge on any atom is 0.215 e. The van der Waals surface area contributed by atoms with Gasteiger partial charge in [0.25, 0.3) is 0 Å². The number of anilines is 1. The number of halogens is 5. The molecule has 2 saturated heterocycles. The predicted octanol–water partition coefficient (Wildman–Crippen LogP) is 4.26. The van der Waals surface area contributed by atoms with Gasteiger partial charge in [-0.1, -0.05) is 23.2 Å². The van der Waals surface area contributed by atoms with Crippen LogP contribution in [0.4, 0.5) is 10.2 Å². The molecule has 1 N–H and O–H groups in total. The van der Waals surface area contributed by atoms with Crippen molar-refractivity contribution in [3.63, 3.8) is 0 Å². The van der Waals surface area contributed by atoms with E-state index in [1.807, 2.05) is 34.7 Å². The molecule has 0 bridgehead atoms. The second-order valence-corrected chi connectivity index (χ2v) is 9.12. The van der Waals surface area contributed by atoms with Crippen LogP contribution in [0.15, 0.2) is 24.3 Å². The molecular weight excluding hydrogens is 648 g/mol. The summed E-state index contributed by atoms with van der Waals surface area (Å²) >= 11 is 15.5. The Morgan fingerprint density at radius 1 is 0.862 bits per heavy atom. The van der Waals surface area contributed by atoms with Crippen LogP contribution in [-0.2, 0) is 9.47 Å². The lowest BCUT2D eigenvalue weighted by Crippen LogP contribution is -2.36. The Morgan fingerprint density at radius 2 is 1.41 bits per heavy atom. The molecule has 160 valence electrons. The van der Waals surface area contributed by atoms with Crippen LogP contribution in [0.1, 0.15) is 0 Å². The maximum atomic E-state index is 12.2. The molecule has 2 aromatic rings. The van der Waals surface area contributed by atoms with Gasteiger partial charge in [0.05, 0.1) is 26.4 Å². The van der Waals surface area contributed by atoms with Crippen molar-refractivity contribution in [3.05, 3.63) is 47.7 Å². The largest absolute Gasteiger partial charge is 0.379 e. The molecule has 0 aromatic carbocycles. The highest BCUT2D eigenvalue weighted by molar-refractivity contribution is 14.1. The average molecular weight is 669 g/mol. The molecule has 4 rings (SSSR count). The van der Waals surface area contributed by atoms with Crippen LogP contribution in [0, 0.1) is 13.1 Å². The van der Waals surface area contributed by atoms with Gasteiger partial charge in [-0.2, -0.15) is 4.39 Å². The summed E-state index contributed by atoms with van der Waals surface area (Å²) in [5.41, 5.74) is 0. The number of nitrogens with one attached hydrogen (secondary N) is 1. The fourth-order valence-electron chi connectivity index (χ4n) is 2.36. The van der Waals surface area contributed by atoms with Gasteiger partial charge in [-0.3, -0.25) is 0 Å². The van der Waals surface area contributed by atoms with Gasteiger partial charge in [-0.15, -0.1) is 0 Å². The summed E-state index contributed by atoms with van der Waals surface area (Å²) in [7, 11) is 0. The molecule has 6 nitrogen and oxygen atoms in total. The van der Waals surface area contributed by atoms with E-state index in [1.165, 1.54) is 6.07 Å². The van der Waals surface area contributed by atoms with E-state index in [9.17, 15) is 4.39 Å². The highest BCUT2D eigenvalue weighted by atomic mass is 127. The lowest BCUT2D eigenvalue weighted by atomic mass is 10.4. The molecule has 2 aliphatic rings. The van der Waals surface area contributed by atoms with Crippen molar-refractivity contribution in [1.29, 1.82) is 0 Å². The van der Waals surface area contributed by atoms with Crippen molar-refractivity contribution in [2.45, 2.75) is 0 Å². The summed E-state index contributed by atoms with van der Waals surface area (Å²) in [5.74, 6) is 0.414. The molecule has 0 aliphatic carbocycles. The molecule has 2 fully saturated rings. The Labute approximate surface area is 207 Å². The van der Waals surface area contributed by atoms with E-state index in [4.69, 9.17) is 32.7 Å². The second kappa shape index (κ2) is 14.1. The molecule has 0 atom stereocenters. The third kappa shape index (κ3) is 10.7. The maximum absolute atomic E-state index is 12.2. The van der Waals surface area contributed by atoms with Crippen LogP contribution in [0.5, 0.6) is 0 Å². The lowest BCUT2D eigenvalue weighted by Gasteiger charge is -2.27. The number of nitrogens with zero attached hydrogens (tertiary/aromatic N) is 3. The van der Waals surface area contributed by atoms with E-state index in [0.29, 0.717) is 5.15 Å². The summed E-state index contributed by atoms with van der Waals surface area (Å²) in [6.45, 7) is 7.16. The highest BCUT2D eigenvalue weighted by Gasteiger charge is 2.13.